The Balaban J connectivity index is 2.31. The molecule has 0 spiro atoms. The Bertz CT molecular complexity index is 663. The first kappa shape index (κ1) is 14.3. The predicted molar refractivity (Wildman–Crippen MR) is 79.7 cm³/mol. The van der Waals surface area contributed by atoms with Gasteiger partial charge in [0, 0.05) is 27.5 Å². The average Bonchev–Trinajstić information content (AvgIpc) is 2.40. The molecule has 0 aromatic heterocycles. The van der Waals surface area contributed by atoms with Gasteiger partial charge in [-0.25, -0.2) is 4.39 Å². The van der Waals surface area contributed by atoms with Crippen LogP contribution in [0.1, 0.15) is 21.5 Å². The topological polar surface area (TPSA) is 55.1 Å². The molecule has 2 aromatic carbocycles. The van der Waals surface area contributed by atoms with Crippen LogP contribution in [0.15, 0.2) is 30.3 Å². The van der Waals surface area contributed by atoms with E-state index in [2.05, 4.69) is 5.32 Å². The van der Waals surface area contributed by atoms with Crippen molar-refractivity contribution in [2.45, 2.75) is 13.8 Å². The molecule has 0 unspecified atom stereocenters. The number of nitrogens with two attached hydrogens (primary N) is 1. The van der Waals surface area contributed by atoms with E-state index in [4.69, 9.17) is 17.3 Å². The molecule has 0 saturated heterocycles. The Hall–Kier alpha value is -2.07. The van der Waals surface area contributed by atoms with Gasteiger partial charge >= 0.3 is 0 Å². The molecule has 0 radical (unpaired) electrons. The van der Waals surface area contributed by atoms with Gasteiger partial charge in [0.05, 0.1) is 0 Å². The summed E-state index contributed by atoms with van der Waals surface area (Å²) < 4.78 is 13.6. The van der Waals surface area contributed by atoms with Crippen LogP contribution in [0.3, 0.4) is 0 Å². The number of carbonyl (C=O) groups excluding carboxylic acids is 1. The van der Waals surface area contributed by atoms with Gasteiger partial charge < -0.3 is 11.1 Å². The summed E-state index contributed by atoms with van der Waals surface area (Å²) in [6.07, 6.45) is 0. The zero-order chi connectivity index (χ0) is 14.9. The van der Waals surface area contributed by atoms with Crippen molar-refractivity contribution in [3.63, 3.8) is 0 Å². The molecule has 0 saturated carbocycles. The van der Waals surface area contributed by atoms with Crippen LogP contribution in [-0.4, -0.2) is 5.91 Å². The van der Waals surface area contributed by atoms with Crippen LogP contribution in [0.5, 0.6) is 0 Å². The van der Waals surface area contributed by atoms with Crippen molar-refractivity contribution in [1.29, 1.82) is 0 Å². The summed E-state index contributed by atoms with van der Waals surface area (Å²) in [7, 11) is 0. The van der Waals surface area contributed by atoms with E-state index in [-0.39, 0.29) is 11.3 Å². The molecule has 0 aliphatic rings. The fourth-order valence-electron chi connectivity index (χ4n) is 1.77. The average molecular weight is 293 g/mol. The number of rotatable bonds is 2. The number of halogens is 2. The number of carbonyl (C=O) groups is 1. The smallest absolute Gasteiger partial charge is 0.255 e. The Labute approximate surface area is 121 Å². The minimum absolute atomic E-state index is 0.171. The summed E-state index contributed by atoms with van der Waals surface area (Å²) in [4.78, 5) is 12.1. The summed E-state index contributed by atoms with van der Waals surface area (Å²) in [5, 5.41) is 3.25. The second-order valence-electron chi connectivity index (χ2n) is 4.54. The molecule has 0 heterocycles. The van der Waals surface area contributed by atoms with Gasteiger partial charge in [-0.3, -0.25) is 4.79 Å². The number of hydrogen-bond acceptors (Lipinski definition) is 2. The molecule has 104 valence electrons. The monoisotopic (exact) mass is 292 g/mol. The van der Waals surface area contributed by atoms with E-state index in [1.807, 2.05) is 0 Å². The van der Waals surface area contributed by atoms with E-state index in [1.54, 1.807) is 32.0 Å². The second kappa shape index (κ2) is 5.51. The maximum absolute atomic E-state index is 13.6. The first-order valence-electron chi connectivity index (χ1n) is 6.02. The molecule has 0 atom stereocenters. The van der Waals surface area contributed by atoms with Crippen LogP contribution in [0.2, 0.25) is 5.02 Å². The van der Waals surface area contributed by atoms with Crippen LogP contribution in [0.25, 0.3) is 0 Å². The van der Waals surface area contributed by atoms with Crippen LogP contribution in [0.4, 0.5) is 15.8 Å². The zero-order valence-electron chi connectivity index (χ0n) is 11.1. The Morgan fingerprint density at radius 1 is 1.25 bits per heavy atom. The van der Waals surface area contributed by atoms with Crippen molar-refractivity contribution in [2.75, 3.05) is 11.1 Å². The van der Waals surface area contributed by atoms with Crippen molar-refractivity contribution in [1.82, 2.24) is 0 Å². The normalized spacial score (nSPS) is 10.4. The van der Waals surface area contributed by atoms with Crippen molar-refractivity contribution < 1.29 is 9.18 Å². The van der Waals surface area contributed by atoms with E-state index >= 15 is 0 Å². The maximum Gasteiger partial charge on any atom is 0.255 e. The van der Waals surface area contributed by atoms with Gasteiger partial charge in [-0.2, -0.15) is 0 Å². The molecular formula is C15H14ClFN2O. The molecule has 20 heavy (non-hydrogen) atoms. The van der Waals surface area contributed by atoms with Crippen molar-refractivity contribution in [3.8, 4) is 0 Å². The van der Waals surface area contributed by atoms with Gasteiger partial charge in [-0.15, -0.1) is 0 Å². The zero-order valence-corrected chi connectivity index (χ0v) is 11.9. The van der Waals surface area contributed by atoms with Gasteiger partial charge in [0.25, 0.3) is 5.91 Å². The fourth-order valence-corrected chi connectivity index (χ4v) is 1.94. The molecule has 3 nitrogen and oxygen atoms in total. The van der Waals surface area contributed by atoms with Gasteiger partial charge in [0.2, 0.25) is 0 Å². The SMILES string of the molecule is Cc1c(N)cc(C(=O)Nc2cccc(Cl)c2C)cc1F. The number of nitrogens with one attached hydrogen (secondary N) is 1. The highest BCUT2D eigenvalue weighted by Gasteiger charge is 2.12. The summed E-state index contributed by atoms with van der Waals surface area (Å²) in [6, 6.07) is 7.81. The summed E-state index contributed by atoms with van der Waals surface area (Å²) in [6.45, 7) is 3.36. The molecule has 0 aliphatic carbocycles. The molecule has 2 rings (SSSR count). The predicted octanol–water partition coefficient (Wildman–Crippen LogP) is 3.93. The van der Waals surface area contributed by atoms with Crippen LogP contribution in [-0.2, 0) is 0 Å². The first-order chi connectivity index (χ1) is 9.40. The molecule has 0 bridgehead atoms. The largest absolute Gasteiger partial charge is 0.398 e. The molecule has 0 fully saturated rings. The summed E-state index contributed by atoms with van der Waals surface area (Å²) in [5.74, 6) is -0.932. The van der Waals surface area contributed by atoms with Gasteiger partial charge in [-0.05, 0) is 43.7 Å². The van der Waals surface area contributed by atoms with Crippen molar-refractivity contribution in [3.05, 3.63) is 57.9 Å². The third-order valence-electron chi connectivity index (χ3n) is 3.16. The lowest BCUT2D eigenvalue weighted by Crippen LogP contribution is -2.14. The summed E-state index contributed by atoms with van der Waals surface area (Å²) >= 11 is 5.98. The number of nitrogen functional groups attached to an aromatic ring is 1. The first-order valence-corrected chi connectivity index (χ1v) is 6.40. The Morgan fingerprint density at radius 3 is 2.60 bits per heavy atom. The molecule has 0 aliphatic heterocycles. The number of benzene rings is 2. The lowest BCUT2D eigenvalue weighted by atomic mass is 10.1. The molecule has 3 N–H and O–H groups in total. The van der Waals surface area contributed by atoms with E-state index in [1.165, 1.54) is 12.1 Å². The number of hydrogen-bond donors (Lipinski definition) is 2. The van der Waals surface area contributed by atoms with Gasteiger partial charge in [-0.1, -0.05) is 17.7 Å². The van der Waals surface area contributed by atoms with Crippen molar-refractivity contribution >= 4 is 28.9 Å². The van der Waals surface area contributed by atoms with Gasteiger partial charge in [0.1, 0.15) is 5.82 Å². The van der Waals surface area contributed by atoms with E-state index < -0.39 is 11.7 Å². The third kappa shape index (κ3) is 2.75. The highest BCUT2D eigenvalue weighted by Crippen LogP contribution is 2.24. The second-order valence-corrected chi connectivity index (χ2v) is 4.95. The lowest BCUT2D eigenvalue weighted by molar-refractivity contribution is 0.102. The number of anilines is 2. The highest BCUT2D eigenvalue weighted by atomic mass is 35.5. The number of amides is 1. The minimum atomic E-state index is -0.502. The Kier molecular flexibility index (Phi) is 3.95. The van der Waals surface area contributed by atoms with Crippen LogP contribution < -0.4 is 11.1 Å². The van der Waals surface area contributed by atoms with Crippen molar-refractivity contribution in [2.24, 2.45) is 0 Å². The lowest BCUT2D eigenvalue weighted by Gasteiger charge is -2.11. The Morgan fingerprint density at radius 2 is 1.95 bits per heavy atom. The molecular weight excluding hydrogens is 279 g/mol. The van der Waals surface area contributed by atoms with Crippen LogP contribution in [0, 0.1) is 19.7 Å². The fraction of sp³-hybridized carbons (Fsp3) is 0.133. The van der Waals surface area contributed by atoms with Crippen LogP contribution >= 0.6 is 11.6 Å². The molecule has 5 heteroatoms. The molecule has 2 aromatic rings. The standard InChI is InChI=1S/C15H14ClFN2O/c1-8-11(16)4-3-5-14(8)19-15(20)10-6-12(17)9(2)13(18)7-10/h3-7H,18H2,1-2H3,(H,19,20). The minimum Gasteiger partial charge on any atom is -0.398 e. The third-order valence-corrected chi connectivity index (χ3v) is 3.57. The van der Waals surface area contributed by atoms with E-state index in [9.17, 15) is 9.18 Å². The highest BCUT2D eigenvalue weighted by molar-refractivity contribution is 6.31. The quantitative estimate of drug-likeness (QED) is 0.824. The maximum atomic E-state index is 13.6. The van der Waals surface area contributed by atoms with E-state index in [0.717, 1.165) is 5.56 Å². The van der Waals surface area contributed by atoms with Gasteiger partial charge in [0.15, 0.2) is 0 Å². The summed E-state index contributed by atoms with van der Waals surface area (Å²) in [5.41, 5.74) is 7.76. The molecule has 1 amide bonds. The van der Waals surface area contributed by atoms with E-state index in [0.29, 0.717) is 16.3 Å².